The van der Waals surface area contributed by atoms with E-state index in [1.165, 1.54) is 13.0 Å². The first-order valence-electron chi connectivity index (χ1n) is 4.90. The molecular weight excluding hydrogens is 134 g/mol. The van der Waals surface area contributed by atoms with Gasteiger partial charge in [-0.1, -0.05) is 27.7 Å². The van der Waals surface area contributed by atoms with Crippen molar-refractivity contribution >= 4 is 0 Å². The molecular formula is C10H21N. The van der Waals surface area contributed by atoms with Crippen LogP contribution in [0.25, 0.3) is 0 Å². The van der Waals surface area contributed by atoms with E-state index in [4.69, 9.17) is 0 Å². The smallest absolute Gasteiger partial charge is 0.00982 e. The molecule has 0 amide bonds. The SMILES string of the molecule is CCC1NCC(C)C1C(C)C. The number of rotatable bonds is 2. The Labute approximate surface area is 70.6 Å². The van der Waals surface area contributed by atoms with Gasteiger partial charge >= 0.3 is 0 Å². The van der Waals surface area contributed by atoms with Crippen LogP contribution in [0.5, 0.6) is 0 Å². The normalized spacial score (nSPS) is 38.5. The lowest BCUT2D eigenvalue weighted by molar-refractivity contribution is 0.281. The Morgan fingerprint density at radius 2 is 2.09 bits per heavy atom. The summed E-state index contributed by atoms with van der Waals surface area (Å²) in [5.74, 6) is 2.62. The molecule has 0 aromatic rings. The molecule has 0 radical (unpaired) electrons. The molecule has 0 saturated carbocycles. The van der Waals surface area contributed by atoms with Crippen molar-refractivity contribution in [1.29, 1.82) is 0 Å². The second kappa shape index (κ2) is 3.57. The monoisotopic (exact) mass is 155 g/mol. The van der Waals surface area contributed by atoms with Gasteiger partial charge < -0.3 is 5.32 Å². The maximum absolute atomic E-state index is 3.59. The first-order valence-corrected chi connectivity index (χ1v) is 4.90. The molecule has 1 nitrogen and oxygen atoms in total. The third-order valence-electron chi connectivity index (χ3n) is 3.03. The summed E-state index contributed by atoms with van der Waals surface area (Å²) >= 11 is 0. The summed E-state index contributed by atoms with van der Waals surface area (Å²) in [4.78, 5) is 0. The average molecular weight is 155 g/mol. The van der Waals surface area contributed by atoms with Gasteiger partial charge in [0, 0.05) is 6.04 Å². The first-order chi connectivity index (χ1) is 5.16. The van der Waals surface area contributed by atoms with Crippen LogP contribution in [0.2, 0.25) is 0 Å². The third kappa shape index (κ3) is 1.76. The van der Waals surface area contributed by atoms with E-state index < -0.39 is 0 Å². The Balaban J connectivity index is 2.56. The molecule has 1 aliphatic heterocycles. The van der Waals surface area contributed by atoms with E-state index in [2.05, 4.69) is 33.0 Å². The second-order valence-corrected chi connectivity index (χ2v) is 4.22. The molecule has 0 spiro atoms. The number of hydrogen-bond donors (Lipinski definition) is 1. The average Bonchev–Trinajstić information content (AvgIpc) is 2.30. The van der Waals surface area contributed by atoms with Crippen molar-refractivity contribution in [3.8, 4) is 0 Å². The quantitative estimate of drug-likeness (QED) is 0.645. The lowest BCUT2D eigenvalue weighted by Crippen LogP contribution is -2.29. The summed E-state index contributed by atoms with van der Waals surface area (Å²) in [6, 6.07) is 0.782. The van der Waals surface area contributed by atoms with Crippen LogP contribution in [-0.2, 0) is 0 Å². The van der Waals surface area contributed by atoms with Crippen molar-refractivity contribution < 1.29 is 0 Å². The molecule has 1 heteroatoms. The minimum absolute atomic E-state index is 0.782. The van der Waals surface area contributed by atoms with Gasteiger partial charge in [0.25, 0.3) is 0 Å². The van der Waals surface area contributed by atoms with Crippen molar-refractivity contribution in [3.63, 3.8) is 0 Å². The predicted molar refractivity (Wildman–Crippen MR) is 49.6 cm³/mol. The zero-order chi connectivity index (χ0) is 8.43. The second-order valence-electron chi connectivity index (χ2n) is 4.22. The summed E-state index contributed by atoms with van der Waals surface area (Å²) in [6.07, 6.45) is 1.28. The molecule has 1 fully saturated rings. The van der Waals surface area contributed by atoms with Crippen LogP contribution in [0.4, 0.5) is 0 Å². The lowest BCUT2D eigenvalue weighted by atomic mass is 9.82. The van der Waals surface area contributed by atoms with Gasteiger partial charge in [0.15, 0.2) is 0 Å². The van der Waals surface area contributed by atoms with Gasteiger partial charge in [-0.3, -0.25) is 0 Å². The highest BCUT2D eigenvalue weighted by Gasteiger charge is 2.33. The van der Waals surface area contributed by atoms with Gasteiger partial charge in [0.05, 0.1) is 0 Å². The van der Waals surface area contributed by atoms with Gasteiger partial charge in [-0.15, -0.1) is 0 Å². The van der Waals surface area contributed by atoms with Gasteiger partial charge in [0.1, 0.15) is 0 Å². The van der Waals surface area contributed by atoms with E-state index in [0.29, 0.717) is 0 Å². The van der Waals surface area contributed by atoms with Crippen molar-refractivity contribution in [2.75, 3.05) is 6.54 Å². The summed E-state index contributed by atoms with van der Waals surface area (Å²) in [7, 11) is 0. The summed E-state index contributed by atoms with van der Waals surface area (Å²) < 4.78 is 0. The zero-order valence-corrected chi connectivity index (χ0v) is 8.22. The summed E-state index contributed by atoms with van der Waals surface area (Å²) in [5, 5.41) is 3.59. The molecule has 1 N–H and O–H groups in total. The van der Waals surface area contributed by atoms with Crippen molar-refractivity contribution in [2.45, 2.75) is 40.2 Å². The predicted octanol–water partition coefficient (Wildman–Crippen LogP) is 2.28. The molecule has 0 aromatic heterocycles. The molecule has 11 heavy (non-hydrogen) atoms. The van der Waals surface area contributed by atoms with Crippen LogP contribution in [0.3, 0.4) is 0 Å². The van der Waals surface area contributed by atoms with Gasteiger partial charge in [0.2, 0.25) is 0 Å². The van der Waals surface area contributed by atoms with Crippen LogP contribution in [0.1, 0.15) is 34.1 Å². The molecule has 0 aliphatic carbocycles. The highest BCUT2D eigenvalue weighted by Crippen LogP contribution is 2.30. The van der Waals surface area contributed by atoms with Gasteiger partial charge in [-0.25, -0.2) is 0 Å². The molecule has 66 valence electrons. The van der Waals surface area contributed by atoms with Crippen molar-refractivity contribution in [3.05, 3.63) is 0 Å². The van der Waals surface area contributed by atoms with Gasteiger partial charge in [-0.2, -0.15) is 0 Å². The van der Waals surface area contributed by atoms with Crippen LogP contribution in [0, 0.1) is 17.8 Å². The largest absolute Gasteiger partial charge is 0.313 e. The van der Waals surface area contributed by atoms with E-state index in [1.54, 1.807) is 0 Å². The maximum atomic E-state index is 3.59. The molecule has 0 aromatic carbocycles. The number of nitrogens with one attached hydrogen (secondary N) is 1. The summed E-state index contributed by atoms with van der Waals surface area (Å²) in [5.41, 5.74) is 0. The highest BCUT2D eigenvalue weighted by molar-refractivity contribution is 4.88. The van der Waals surface area contributed by atoms with Crippen LogP contribution in [-0.4, -0.2) is 12.6 Å². The number of hydrogen-bond acceptors (Lipinski definition) is 1. The molecule has 3 unspecified atom stereocenters. The Kier molecular flexibility index (Phi) is 2.94. The fourth-order valence-corrected chi connectivity index (χ4v) is 2.54. The van der Waals surface area contributed by atoms with Crippen LogP contribution < -0.4 is 5.32 Å². The van der Waals surface area contributed by atoms with Crippen molar-refractivity contribution in [2.24, 2.45) is 17.8 Å². The van der Waals surface area contributed by atoms with E-state index >= 15 is 0 Å². The molecule has 1 aliphatic rings. The van der Waals surface area contributed by atoms with E-state index in [0.717, 1.165) is 23.8 Å². The lowest BCUT2D eigenvalue weighted by Gasteiger charge is -2.24. The standard InChI is InChI=1S/C10H21N/c1-5-9-10(7(2)3)8(4)6-11-9/h7-11H,5-6H2,1-4H3. The Bertz CT molecular complexity index is 120. The topological polar surface area (TPSA) is 12.0 Å². The molecule has 1 heterocycles. The molecule has 1 saturated heterocycles. The minimum atomic E-state index is 0.782. The van der Waals surface area contributed by atoms with Crippen LogP contribution in [0.15, 0.2) is 0 Å². The van der Waals surface area contributed by atoms with E-state index in [9.17, 15) is 0 Å². The fourth-order valence-electron chi connectivity index (χ4n) is 2.54. The third-order valence-corrected chi connectivity index (χ3v) is 3.03. The first kappa shape index (κ1) is 9.05. The summed E-state index contributed by atoms with van der Waals surface area (Å²) in [6.45, 7) is 10.6. The molecule has 0 bridgehead atoms. The Hall–Kier alpha value is -0.0400. The highest BCUT2D eigenvalue weighted by atomic mass is 15.0. The Morgan fingerprint density at radius 3 is 2.45 bits per heavy atom. The Morgan fingerprint density at radius 1 is 1.45 bits per heavy atom. The minimum Gasteiger partial charge on any atom is -0.313 e. The molecule has 1 rings (SSSR count). The van der Waals surface area contributed by atoms with E-state index in [1.807, 2.05) is 0 Å². The van der Waals surface area contributed by atoms with Gasteiger partial charge in [-0.05, 0) is 30.7 Å². The fraction of sp³-hybridized carbons (Fsp3) is 1.00. The van der Waals surface area contributed by atoms with Crippen LogP contribution >= 0.6 is 0 Å². The zero-order valence-electron chi connectivity index (χ0n) is 8.22. The van der Waals surface area contributed by atoms with E-state index in [-0.39, 0.29) is 0 Å². The van der Waals surface area contributed by atoms with Crippen molar-refractivity contribution in [1.82, 2.24) is 5.32 Å². The maximum Gasteiger partial charge on any atom is 0.00982 e. The molecule has 3 atom stereocenters.